The van der Waals surface area contributed by atoms with E-state index in [-0.39, 0.29) is 0 Å². The highest BCUT2D eigenvalue weighted by Gasteiger charge is 1.67. The number of hydrogen-bond acceptors (Lipinski definition) is 3. The van der Waals surface area contributed by atoms with Crippen molar-refractivity contribution in [2.75, 3.05) is 6.54 Å². The summed E-state index contributed by atoms with van der Waals surface area (Å²) in [7, 11) is 0. The van der Waals surface area contributed by atoms with Crippen molar-refractivity contribution >= 4 is 0 Å². The molecule has 8 heavy (non-hydrogen) atoms. The van der Waals surface area contributed by atoms with Crippen LogP contribution < -0.4 is 10.6 Å². The Morgan fingerprint density at radius 2 is 1.88 bits per heavy atom. The summed E-state index contributed by atoms with van der Waals surface area (Å²) >= 11 is 0. The summed E-state index contributed by atoms with van der Waals surface area (Å²) in [5.74, 6) is 0. The molecule has 0 fully saturated rings. The van der Waals surface area contributed by atoms with Gasteiger partial charge in [-0.15, -0.1) is 0 Å². The second-order valence-corrected chi connectivity index (χ2v) is 1.25. The number of nitrogens with one attached hydrogen (secondary N) is 2. The molecular formula is C4H13N4+. The van der Waals surface area contributed by atoms with Crippen molar-refractivity contribution in [1.82, 2.24) is 4.91 Å². The summed E-state index contributed by atoms with van der Waals surface area (Å²) in [6, 6.07) is 0. The van der Waals surface area contributed by atoms with Gasteiger partial charge in [0.05, 0.1) is 0 Å². The van der Waals surface area contributed by atoms with Crippen molar-refractivity contribution in [2.45, 2.75) is 19.8 Å². The van der Waals surface area contributed by atoms with Crippen molar-refractivity contribution in [3.8, 4) is 0 Å². The predicted molar refractivity (Wildman–Crippen MR) is 31.5 cm³/mol. The first-order valence-electron chi connectivity index (χ1n) is 2.56. The van der Waals surface area contributed by atoms with E-state index in [9.17, 15) is 0 Å². The second kappa shape index (κ2) is 16.3. The molecule has 0 atom stereocenters. The zero-order valence-corrected chi connectivity index (χ0v) is 5.15. The molecule has 0 amide bonds. The molecule has 0 heterocycles. The van der Waals surface area contributed by atoms with Gasteiger partial charge in [0.1, 0.15) is 11.1 Å². The van der Waals surface area contributed by atoms with Gasteiger partial charge in [-0.2, -0.15) is 0 Å². The Morgan fingerprint density at radius 3 is 1.88 bits per heavy atom. The van der Waals surface area contributed by atoms with Gasteiger partial charge in [-0.25, -0.2) is 0 Å². The van der Waals surface area contributed by atoms with Gasteiger partial charge in [-0.05, 0) is 13.0 Å². The summed E-state index contributed by atoms with van der Waals surface area (Å²) in [6.07, 6.45) is 2.39. The van der Waals surface area contributed by atoms with Gasteiger partial charge in [0, 0.05) is 0 Å². The standard InChI is InChI=1S/C4H11N.H2N3/c1-2-3-4-5;1-3-2/h2-5H2,1H3;1-2H/q;+1. The molecule has 0 aliphatic rings. The zero-order chi connectivity index (χ0) is 6.83. The molecule has 0 rings (SSSR count). The Bertz CT molecular complexity index is 53.1. The summed E-state index contributed by atoms with van der Waals surface area (Å²) < 4.78 is 0. The average Bonchev–Trinajstić information content (AvgIpc) is 1.71. The maximum absolute atomic E-state index is 5.50. The zero-order valence-electron chi connectivity index (χ0n) is 5.15. The van der Waals surface area contributed by atoms with E-state index in [1.54, 1.807) is 0 Å². The van der Waals surface area contributed by atoms with Crippen molar-refractivity contribution in [2.24, 2.45) is 5.73 Å². The molecule has 0 unspecified atom stereocenters. The van der Waals surface area contributed by atoms with E-state index in [2.05, 4.69) is 6.92 Å². The van der Waals surface area contributed by atoms with Crippen molar-refractivity contribution < 1.29 is 0 Å². The lowest BCUT2D eigenvalue weighted by molar-refractivity contribution is 0.807. The number of hydrogen-bond donors (Lipinski definition) is 3. The SMILES string of the molecule is CCCCN.N=[N+]=N. The monoisotopic (exact) mass is 117 g/mol. The summed E-state index contributed by atoms with van der Waals surface area (Å²) in [5.41, 5.74) is 16.1. The van der Waals surface area contributed by atoms with Gasteiger partial charge in [0.25, 0.3) is 0 Å². The van der Waals surface area contributed by atoms with Crippen LogP contribution in [0.5, 0.6) is 0 Å². The minimum atomic E-state index is 0.844. The summed E-state index contributed by atoms with van der Waals surface area (Å²) in [6.45, 7) is 2.98. The normalized spacial score (nSPS) is 6.25. The molecule has 0 bridgehead atoms. The van der Waals surface area contributed by atoms with E-state index in [1.165, 1.54) is 12.8 Å². The third-order valence-corrected chi connectivity index (χ3v) is 0.558. The molecule has 0 aliphatic heterocycles. The topological polar surface area (TPSA) is 87.8 Å². The Balaban J connectivity index is 0. The number of rotatable bonds is 2. The lowest BCUT2D eigenvalue weighted by Crippen LogP contribution is -1.95. The molecule has 0 aromatic carbocycles. The highest BCUT2D eigenvalue weighted by molar-refractivity contribution is 4.29. The average molecular weight is 117 g/mol. The van der Waals surface area contributed by atoms with Crippen LogP contribution in [0.15, 0.2) is 0 Å². The van der Waals surface area contributed by atoms with Crippen LogP contribution in [0.2, 0.25) is 0 Å². The van der Waals surface area contributed by atoms with Crippen LogP contribution in [0.1, 0.15) is 19.8 Å². The Morgan fingerprint density at radius 1 is 1.50 bits per heavy atom. The van der Waals surface area contributed by atoms with Crippen LogP contribution in [0.3, 0.4) is 0 Å². The molecule has 0 radical (unpaired) electrons. The van der Waals surface area contributed by atoms with Crippen LogP contribution in [-0.2, 0) is 0 Å². The maximum Gasteiger partial charge on any atom is 0.211 e. The maximum atomic E-state index is 5.50. The minimum absolute atomic E-state index is 0.844. The first-order valence-corrected chi connectivity index (χ1v) is 2.56. The fourth-order valence-corrected chi connectivity index (χ4v) is 0.204. The molecule has 48 valence electrons. The first kappa shape index (κ1) is 10.3. The highest BCUT2D eigenvalue weighted by Crippen LogP contribution is 1.77. The van der Waals surface area contributed by atoms with Gasteiger partial charge in [0.15, 0.2) is 0 Å². The van der Waals surface area contributed by atoms with Gasteiger partial charge in [-0.3, -0.25) is 0 Å². The summed E-state index contributed by atoms with van der Waals surface area (Å²) in [5, 5.41) is 0. The molecule has 0 aromatic heterocycles. The van der Waals surface area contributed by atoms with E-state index in [0.29, 0.717) is 0 Å². The van der Waals surface area contributed by atoms with Crippen molar-refractivity contribution in [3.05, 3.63) is 0 Å². The molecule has 4 heteroatoms. The predicted octanol–water partition coefficient (Wildman–Crippen LogP) is 0.861. The Kier molecular flexibility index (Phi) is 20.9. The van der Waals surface area contributed by atoms with Crippen LogP contribution >= 0.6 is 0 Å². The highest BCUT2D eigenvalue weighted by atomic mass is 15.0. The molecular weight excluding hydrogens is 104 g/mol. The molecule has 0 aliphatic carbocycles. The van der Waals surface area contributed by atoms with E-state index in [4.69, 9.17) is 16.8 Å². The Hall–Kier alpha value is -0.730. The van der Waals surface area contributed by atoms with Crippen LogP contribution in [-0.4, -0.2) is 6.54 Å². The molecule has 4 N–H and O–H groups in total. The molecule has 0 aromatic rings. The van der Waals surface area contributed by atoms with Crippen molar-refractivity contribution in [1.29, 1.82) is 11.1 Å². The minimum Gasteiger partial charge on any atom is -0.330 e. The smallest absolute Gasteiger partial charge is 0.211 e. The van der Waals surface area contributed by atoms with E-state index >= 15 is 0 Å². The van der Waals surface area contributed by atoms with Crippen molar-refractivity contribution in [3.63, 3.8) is 0 Å². The fourth-order valence-electron chi connectivity index (χ4n) is 0.204. The Labute approximate surface area is 49.1 Å². The second-order valence-electron chi connectivity index (χ2n) is 1.25. The molecule has 0 saturated carbocycles. The van der Waals surface area contributed by atoms with Gasteiger partial charge >= 0.3 is 0 Å². The van der Waals surface area contributed by atoms with Crippen LogP contribution in [0.25, 0.3) is 0 Å². The largest absolute Gasteiger partial charge is 0.330 e. The van der Waals surface area contributed by atoms with Gasteiger partial charge < -0.3 is 5.73 Å². The molecule has 4 nitrogen and oxygen atoms in total. The van der Waals surface area contributed by atoms with E-state index in [0.717, 1.165) is 6.54 Å². The number of nitrogens with zero attached hydrogens (tertiary/aromatic N) is 1. The quantitative estimate of drug-likeness (QED) is 0.363. The lowest BCUT2D eigenvalue weighted by atomic mass is 10.3. The first-order chi connectivity index (χ1) is 3.83. The van der Waals surface area contributed by atoms with Gasteiger partial charge in [-0.1, -0.05) is 13.3 Å². The third-order valence-electron chi connectivity index (χ3n) is 0.558. The van der Waals surface area contributed by atoms with Crippen LogP contribution in [0.4, 0.5) is 0 Å². The van der Waals surface area contributed by atoms with Crippen LogP contribution in [0, 0.1) is 11.1 Å². The fraction of sp³-hybridized carbons (Fsp3) is 1.00. The lowest BCUT2D eigenvalue weighted by Gasteiger charge is -1.80. The number of unbranched alkanes of at least 4 members (excludes halogenated alkanes) is 1. The van der Waals surface area contributed by atoms with E-state index in [1.807, 2.05) is 4.91 Å². The molecule has 0 saturated heterocycles. The van der Waals surface area contributed by atoms with E-state index < -0.39 is 0 Å². The van der Waals surface area contributed by atoms with Gasteiger partial charge in [0.2, 0.25) is 4.91 Å². The third kappa shape index (κ3) is 59.6. The molecule has 0 spiro atoms. The number of nitrogens with two attached hydrogens (primary N) is 1. The summed E-state index contributed by atoms with van der Waals surface area (Å²) in [4.78, 5) is 2.00.